The smallest absolute Gasteiger partial charge is 0.0857 e. The Morgan fingerprint density at radius 3 is 1.96 bits per heavy atom. The molecule has 0 saturated heterocycles. The molecule has 0 nitrogen and oxygen atoms in total. The summed E-state index contributed by atoms with van der Waals surface area (Å²) in [5, 5.41) is 0. The first-order valence-corrected chi connectivity index (χ1v) is 9.35. The zero-order valence-electron chi connectivity index (χ0n) is 15.5. The summed E-state index contributed by atoms with van der Waals surface area (Å²) < 4.78 is 0. The molecule has 1 aliphatic carbocycles. The Hall–Kier alpha value is -1.50. The summed E-state index contributed by atoms with van der Waals surface area (Å²) in [5.41, 5.74) is 8.20. The molecule has 0 amide bonds. The lowest BCUT2D eigenvalue weighted by molar-refractivity contribution is 0.912. The maximum absolute atomic E-state index is 7.02. The van der Waals surface area contributed by atoms with Crippen LogP contribution in [0.1, 0.15) is 41.7 Å². The van der Waals surface area contributed by atoms with E-state index in [0.29, 0.717) is 0 Å². The first-order valence-electron chi connectivity index (χ1n) is 8.60. The molecular formula is C23H24Cl2. The third kappa shape index (κ3) is 3.43. The standard InChI is InChI=1S/C23H24Cl2/c1-15-11-16(2)17(3)19(12-15)21-14-22(4,24)20(13-23(21,5)25)18-9-7-6-8-10-18/h6-14H,1-5H3. The molecular weight excluding hydrogens is 347 g/mol. The van der Waals surface area contributed by atoms with Gasteiger partial charge in [-0.2, -0.15) is 0 Å². The Morgan fingerprint density at radius 1 is 0.760 bits per heavy atom. The van der Waals surface area contributed by atoms with Gasteiger partial charge in [0.15, 0.2) is 0 Å². The topological polar surface area (TPSA) is 0 Å². The summed E-state index contributed by atoms with van der Waals surface area (Å²) in [6.07, 6.45) is 4.24. The van der Waals surface area contributed by atoms with Crippen molar-refractivity contribution >= 4 is 34.3 Å². The van der Waals surface area contributed by atoms with Crippen LogP contribution in [-0.2, 0) is 0 Å². The van der Waals surface area contributed by atoms with E-state index < -0.39 is 9.75 Å². The van der Waals surface area contributed by atoms with Gasteiger partial charge in [-0.05, 0) is 68.0 Å². The van der Waals surface area contributed by atoms with Gasteiger partial charge < -0.3 is 0 Å². The Labute approximate surface area is 161 Å². The summed E-state index contributed by atoms with van der Waals surface area (Å²) in [7, 11) is 0. The molecule has 0 aliphatic heterocycles. The average molecular weight is 371 g/mol. The highest BCUT2D eigenvalue weighted by atomic mass is 35.5. The van der Waals surface area contributed by atoms with Crippen LogP contribution in [0.2, 0.25) is 0 Å². The third-order valence-electron chi connectivity index (χ3n) is 5.07. The van der Waals surface area contributed by atoms with Crippen molar-refractivity contribution in [3.8, 4) is 0 Å². The molecule has 2 unspecified atom stereocenters. The number of hydrogen-bond donors (Lipinski definition) is 0. The molecule has 0 saturated carbocycles. The van der Waals surface area contributed by atoms with Crippen LogP contribution >= 0.6 is 23.2 Å². The van der Waals surface area contributed by atoms with Gasteiger partial charge in [0.25, 0.3) is 0 Å². The minimum atomic E-state index is -0.607. The predicted octanol–water partition coefficient (Wildman–Crippen LogP) is 7.09. The zero-order valence-corrected chi connectivity index (χ0v) is 17.0. The molecule has 25 heavy (non-hydrogen) atoms. The number of alkyl halides is 2. The van der Waals surface area contributed by atoms with E-state index >= 15 is 0 Å². The van der Waals surface area contributed by atoms with Crippen molar-refractivity contribution in [3.05, 3.63) is 82.4 Å². The van der Waals surface area contributed by atoms with E-state index in [-0.39, 0.29) is 0 Å². The lowest BCUT2D eigenvalue weighted by Gasteiger charge is -2.36. The molecule has 130 valence electrons. The quantitative estimate of drug-likeness (QED) is 0.495. The van der Waals surface area contributed by atoms with E-state index in [1.54, 1.807) is 0 Å². The number of hydrogen-bond acceptors (Lipinski definition) is 0. The Balaban J connectivity index is 2.18. The van der Waals surface area contributed by atoms with Crippen molar-refractivity contribution < 1.29 is 0 Å². The van der Waals surface area contributed by atoms with Crippen molar-refractivity contribution in [1.29, 1.82) is 0 Å². The predicted molar refractivity (Wildman–Crippen MR) is 112 cm³/mol. The van der Waals surface area contributed by atoms with E-state index in [2.05, 4.69) is 57.2 Å². The van der Waals surface area contributed by atoms with Crippen LogP contribution < -0.4 is 0 Å². The van der Waals surface area contributed by atoms with E-state index in [1.165, 1.54) is 22.3 Å². The second-order valence-corrected chi connectivity index (χ2v) is 8.96. The monoisotopic (exact) mass is 370 g/mol. The van der Waals surface area contributed by atoms with E-state index in [4.69, 9.17) is 23.2 Å². The van der Waals surface area contributed by atoms with Gasteiger partial charge in [0.1, 0.15) is 0 Å². The lowest BCUT2D eigenvalue weighted by Crippen LogP contribution is -2.29. The third-order valence-corrected chi connectivity index (χ3v) is 5.70. The first kappa shape index (κ1) is 18.3. The number of rotatable bonds is 2. The minimum Gasteiger partial charge on any atom is -0.110 e. The molecule has 0 spiro atoms. The van der Waals surface area contributed by atoms with Gasteiger partial charge in [0.2, 0.25) is 0 Å². The molecule has 0 N–H and O–H groups in total. The second-order valence-electron chi connectivity index (χ2n) is 7.39. The second kappa shape index (κ2) is 6.34. The molecule has 0 radical (unpaired) electrons. The van der Waals surface area contributed by atoms with Crippen molar-refractivity contribution in [1.82, 2.24) is 0 Å². The highest BCUT2D eigenvalue weighted by Crippen LogP contribution is 2.49. The Morgan fingerprint density at radius 2 is 1.32 bits per heavy atom. The van der Waals surface area contributed by atoms with E-state index in [0.717, 1.165) is 16.7 Å². The van der Waals surface area contributed by atoms with Crippen LogP contribution in [0, 0.1) is 20.8 Å². The van der Waals surface area contributed by atoms with Gasteiger partial charge in [-0.25, -0.2) is 0 Å². The first-order chi connectivity index (χ1) is 11.6. The number of aryl methyl sites for hydroxylation is 2. The van der Waals surface area contributed by atoms with Crippen LogP contribution in [0.5, 0.6) is 0 Å². The van der Waals surface area contributed by atoms with Crippen LogP contribution in [0.3, 0.4) is 0 Å². The molecule has 2 heteroatoms. The van der Waals surface area contributed by atoms with Gasteiger partial charge in [-0.15, -0.1) is 23.2 Å². The molecule has 0 fully saturated rings. The normalized spacial score (nSPS) is 26.2. The van der Waals surface area contributed by atoms with Gasteiger partial charge in [0, 0.05) is 0 Å². The van der Waals surface area contributed by atoms with Crippen molar-refractivity contribution in [2.75, 3.05) is 0 Å². The maximum atomic E-state index is 7.02. The summed E-state index contributed by atoms with van der Waals surface area (Å²) in [4.78, 5) is -1.21. The van der Waals surface area contributed by atoms with Crippen LogP contribution in [0.15, 0.2) is 54.6 Å². The number of halogens is 2. The highest BCUT2D eigenvalue weighted by molar-refractivity contribution is 6.37. The fourth-order valence-corrected chi connectivity index (χ4v) is 4.16. The molecule has 0 bridgehead atoms. The van der Waals surface area contributed by atoms with Gasteiger partial charge in [-0.1, -0.05) is 60.2 Å². The molecule has 3 rings (SSSR count). The molecule has 2 atom stereocenters. The van der Waals surface area contributed by atoms with Crippen LogP contribution in [0.4, 0.5) is 0 Å². The van der Waals surface area contributed by atoms with Gasteiger partial charge in [0.05, 0.1) is 9.75 Å². The van der Waals surface area contributed by atoms with Crippen molar-refractivity contribution in [2.24, 2.45) is 0 Å². The molecule has 0 aromatic heterocycles. The maximum Gasteiger partial charge on any atom is 0.0857 e. The van der Waals surface area contributed by atoms with Gasteiger partial charge >= 0.3 is 0 Å². The molecule has 1 aliphatic rings. The molecule has 2 aromatic rings. The minimum absolute atomic E-state index is 0.602. The summed E-state index contributed by atoms with van der Waals surface area (Å²) in [6.45, 7) is 10.5. The molecule has 0 heterocycles. The van der Waals surface area contributed by atoms with E-state index in [9.17, 15) is 0 Å². The van der Waals surface area contributed by atoms with Gasteiger partial charge in [-0.3, -0.25) is 0 Å². The Bertz CT molecular complexity index is 868. The SMILES string of the molecule is Cc1cc(C)c(C)c(C2=CC(C)(Cl)C(c3ccccc3)=CC2(C)Cl)c1. The Kier molecular flexibility index (Phi) is 4.64. The fraction of sp³-hybridized carbons (Fsp3) is 0.304. The zero-order chi connectivity index (χ0) is 18.4. The highest BCUT2D eigenvalue weighted by Gasteiger charge is 2.38. The van der Waals surface area contributed by atoms with Crippen molar-refractivity contribution in [3.63, 3.8) is 0 Å². The van der Waals surface area contributed by atoms with Crippen LogP contribution in [0.25, 0.3) is 11.1 Å². The lowest BCUT2D eigenvalue weighted by atomic mass is 9.77. The van der Waals surface area contributed by atoms with E-state index in [1.807, 2.05) is 32.0 Å². The summed E-state index contributed by atoms with van der Waals surface area (Å²) >= 11 is 14.0. The fourth-order valence-electron chi connectivity index (χ4n) is 3.62. The average Bonchev–Trinajstić information content (AvgIpc) is 2.54. The summed E-state index contributed by atoms with van der Waals surface area (Å²) in [5.74, 6) is 0. The number of allylic oxidation sites excluding steroid dienone is 4. The largest absolute Gasteiger partial charge is 0.110 e. The molecule has 2 aromatic carbocycles. The number of benzene rings is 2. The van der Waals surface area contributed by atoms with Crippen LogP contribution in [-0.4, -0.2) is 9.75 Å². The summed E-state index contributed by atoms with van der Waals surface area (Å²) in [6, 6.07) is 14.7. The van der Waals surface area contributed by atoms with Crippen molar-refractivity contribution in [2.45, 2.75) is 44.4 Å².